The third-order valence-corrected chi connectivity index (χ3v) is 3.83. The van der Waals surface area contributed by atoms with Gasteiger partial charge in [0.2, 0.25) is 0 Å². The molecule has 3 rings (SSSR count). The Morgan fingerprint density at radius 2 is 1.42 bits per heavy atom. The molecule has 0 aromatic rings. The summed E-state index contributed by atoms with van der Waals surface area (Å²) in [5.41, 5.74) is 0. The molecule has 0 aromatic heterocycles. The average molecular weight is 283 g/mol. The van der Waals surface area contributed by atoms with Crippen LogP contribution in [0, 0.1) is 0 Å². The molecule has 3 aliphatic heterocycles. The molecule has 2 bridgehead atoms. The van der Waals surface area contributed by atoms with Crippen molar-refractivity contribution in [1.29, 1.82) is 0 Å². The van der Waals surface area contributed by atoms with Crippen LogP contribution in [0.4, 0.5) is 0 Å². The molecule has 0 aromatic carbocycles. The van der Waals surface area contributed by atoms with E-state index >= 15 is 0 Å². The highest BCUT2D eigenvalue weighted by Crippen LogP contribution is 2.15. The molecule has 3 saturated heterocycles. The molecule has 0 spiro atoms. The predicted octanol–water partition coefficient (Wildman–Crippen LogP) is -3.87. The number of halogens is 1. The van der Waals surface area contributed by atoms with Crippen LogP contribution in [-0.4, -0.2) is 49.8 Å². The second kappa shape index (κ2) is 3.80. The molecule has 0 saturated carbocycles. The summed E-state index contributed by atoms with van der Waals surface area (Å²) in [7, 11) is 0. The van der Waals surface area contributed by atoms with Gasteiger partial charge < -0.3 is 33.4 Å². The van der Waals surface area contributed by atoms with Gasteiger partial charge in [-0.15, -0.1) is 0 Å². The Hall–Kier alpha value is 0.650. The summed E-state index contributed by atoms with van der Waals surface area (Å²) in [4.78, 5) is 1.85. The van der Waals surface area contributed by atoms with Crippen LogP contribution in [0.15, 0.2) is 0 Å². The van der Waals surface area contributed by atoms with Gasteiger partial charge in [0.15, 0.2) is 0 Å². The molecule has 0 amide bonds. The Kier molecular flexibility index (Phi) is 3.40. The van der Waals surface area contributed by atoms with Gasteiger partial charge in [0.05, 0.1) is 6.04 Å². The van der Waals surface area contributed by atoms with Crippen LogP contribution < -0.4 is 28.9 Å². The van der Waals surface area contributed by atoms with Gasteiger partial charge in [-0.1, -0.05) is 0 Å². The van der Waals surface area contributed by atoms with Gasteiger partial charge in [0, 0.05) is 0 Å². The zero-order chi connectivity index (χ0) is 7.90. The molecule has 2 nitrogen and oxygen atoms in total. The highest BCUT2D eigenvalue weighted by Gasteiger charge is 2.42. The number of piperazine rings is 3. The smallest absolute Gasteiger partial charge is 0.129 e. The van der Waals surface area contributed by atoms with E-state index in [9.17, 15) is 0 Å². The third kappa shape index (κ3) is 1.63. The molecule has 3 heterocycles. The number of rotatable bonds is 1. The van der Waals surface area contributed by atoms with Crippen LogP contribution >= 0.6 is 0 Å². The summed E-state index contributed by atoms with van der Waals surface area (Å²) in [6.45, 7) is 13.4. The van der Waals surface area contributed by atoms with Crippen molar-refractivity contribution in [2.75, 3.05) is 39.3 Å². The number of nitrogens with one attached hydrogen (secondary N) is 1. The van der Waals surface area contributed by atoms with Gasteiger partial charge in [-0.3, -0.25) is 0 Å². The Morgan fingerprint density at radius 1 is 1.00 bits per heavy atom. The molecule has 0 unspecified atom stereocenters. The van der Waals surface area contributed by atoms with Crippen molar-refractivity contribution in [3.8, 4) is 0 Å². The predicted molar refractivity (Wildman–Crippen MR) is 45.6 cm³/mol. The molecule has 72 valence electrons. The zero-order valence-electron chi connectivity index (χ0n) is 8.15. The van der Waals surface area contributed by atoms with Crippen molar-refractivity contribution < 1.29 is 33.4 Å². The van der Waals surface area contributed by atoms with E-state index in [0.29, 0.717) is 0 Å². The Balaban J connectivity index is 0.000000720. The Labute approximate surface area is 92.5 Å². The van der Waals surface area contributed by atoms with E-state index < -0.39 is 0 Å². The normalized spacial score (nSPS) is 39.8. The van der Waals surface area contributed by atoms with Crippen LogP contribution in [-0.2, 0) is 0 Å². The lowest BCUT2D eigenvalue weighted by atomic mass is 10.1. The highest BCUT2D eigenvalue weighted by molar-refractivity contribution is 4.57. The molecular formula is C9H20IN2+. The minimum absolute atomic E-state index is 0. The quantitative estimate of drug-likeness (QED) is 0.371. The summed E-state index contributed by atoms with van der Waals surface area (Å²) in [5.74, 6) is 0. The van der Waals surface area contributed by atoms with E-state index in [4.69, 9.17) is 0 Å². The number of quaternary nitrogens is 2. The monoisotopic (exact) mass is 283 g/mol. The standard InChI is InChI=1S/C9H19N2.HI/c1-9(2)11-6-3-10(4-7-11)5-8-11;/h9H,3-8H2,1-2H3;1H/q+1;. The maximum Gasteiger partial charge on any atom is 0.129 e. The molecule has 12 heavy (non-hydrogen) atoms. The summed E-state index contributed by atoms with van der Waals surface area (Å²) in [5, 5.41) is 0. The third-order valence-electron chi connectivity index (χ3n) is 3.83. The Bertz CT molecular complexity index is 137. The van der Waals surface area contributed by atoms with E-state index in [1.165, 1.54) is 43.8 Å². The second-order valence-corrected chi connectivity index (χ2v) is 4.48. The summed E-state index contributed by atoms with van der Waals surface area (Å²) < 4.78 is 1.42. The van der Waals surface area contributed by atoms with Crippen LogP contribution in [0.3, 0.4) is 0 Å². The number of nitrogens with zero attached hydrogens (tertiary/aromatic N) is 1. The Morgan fingerprint density at radius 3 is 1.67 bits per heavy atom. The molecule has 0 atom stereocenters. The maximum atomic E-state index is 2.39. The van der Waals surface area contributed by atoms with E-state index in [0.717, 1.165) is 6.04 Å². The van der Waals surface area contributed by atoms with Crippen molar-refractivity contribution >= 4 is 0 Å². The molecular weight excluding hydrogens is 263 g/mol. The van der Waals surface area contributed by atoms with Crippen molar-refractivity contribution in [3.63, 3.8) is 0 Å². The number of hydrogen-bond acceptors (Lipinski definition) is 0. The topological polar surface area (TPSA) is 4.44 Å². The van der Waals surface area contributed by atoms with Gasteiger partial charge in [-0.2, -0.15) is 0 Å². The summed E-state index contributed by atoms with van der Waals surface area (Å²) in [6, 6.07) is 0.858. The maximum absolute atomic E-state index is 2.39. The number of fused-ring (bicyclic) bond motifs is 3. The molecule has 1 N–H and O–H groups in total. The first-order valence-corrected chi connectivity index (χ1v) is 4.92. The lowest BCUT2D eigenvalue weighted by Crippen LogP contribution is -3.19. The van der Waals surface area contributed by atoms with Crippen molar-refractivity contribution in [3.05, 3.63) is 0 Å². The van der Waals surface area contributed by atoms with E-state index in [-0.39, 0.29) is 24.0 Å². The molecule has 3 aliphatic rings. The van der Waals surface area contributed by atoms with Crippen molar-refractivity contribution in [1.82, 2.24) is 0 Å². The molecule has 3 fully saturated rings. The first-order valence-electron chi connectivity index (χ1n) is 4.92. The van der Waals surface area contributed by atoms with Crippen molar-refractivity contribution in [2.45, 2.75) is 19.9 Å². The first-order chi connectivity index (χ1) is 5.23. The molecule has 0 radical (unpaired) electrons. The van der Waals surface area contributed by atoms with Gasteiger partial charge in [0.25, 0.3) is 0 Å². The fraction of sp³-hybridized carbons (Fsp3) is 1.00. The lowest BCUT2D eigenvalue weighted by molar-refractivity contribution is -1.08. The zero-order valence-corrected chi connectivity index (χ0v) is 10.3. The first kappa shape index (κ1) is 10.7. The molecule has 0 aliphatic carbocycles. The average Bonchev–Trinajstić information content (AvgIpc) is 2.08. The lowest BCUT2D eigenvalue weighted by Gasteiger charge is -2.50. The van der Waals surface area contributed by atoms with Crippen LogP contribution in [0.25, 0.3) is 0 Å². The SMILES string of the molecule is CC(C)[N+]12CC[NH+](CC1)CC2.[I-]. The van der Waals surface area contributed by atoms with Gasteiger partial charge in [-0.05, 0) is 13.8 Å². The van der Waals surface area contributed by atoms with Gasteiger partial charge >= 0.3 is 0 Å². The van der Waals surface area contributed by atoms with E-state index in [1.807, 2.05) is 4.90 Å². The summed E-state index contributed by atoms with van der Waals surface area (Å²) >= 11 is 0. The highest BCUT2D eigenvalue weighted by atomic mass is 127. The summed E-state index contributed by atoms with van der Waals surface area (Å²) in [6.07, 6.45) is 0. The second-order valence-electron chi connectivity index (χ2n) is 4.48. The van der Waals surface area contributed by atoms with Crippen molar-refractivity contribution in [2.24, 2.45) is 0 Å². The van der Waals surface area contributed by atoms with E-state index in [2.05, 4.69) is 13.8 Å². The van der Waals surface area contributed by atoms with E-state index in [1.54, 1.807) is 0 Å². The van der Waals surface area contributed by atoms with Crippen LogP contribution in [0.1, 0.15) is 13.8 Å². The fourth-order valence-corrected chi connectivity index (χ4v) is 2.63. The fourth-order valence-electron chi connectivity index (χ4n) is 2.63. The number of hydrogen-bond donors (Lipinski definition) is 1. The van der Waals surface area contributed by atoms with Gasteiger partial charge in [0.1, 0.15) is 39.3 Å². The van der Waals surface area contributed by atoms with Crippen LogP contribution in [0.5, 0.6) is 0 Å². The minimum Gasteiger partial charge on any atom is -1.00 e. The molecule has 3 heteroatoms. The van der Waals surface area contributed by atoms with Crippen LogP contribution in [0.2, 0.25) is 0 Å². The minimum atomic E-state index is 0. The largest absolute Gasteiger partial charge is 1.00 e. The van der Waals surface area contributed by atoms with Gasteiger partial charge in [-0.25, -0.2) is 0 Å².